The third-order valence-corrected chi connectivity index (χ3v) is 6.72. The van der Waals surface area contributed by atoms with E-state index in [1.807, 2.05) is 43.3 Å². The van der Waals surface area contributed by atoms with E-state index < -0.39 is 5.92 Å². The van der Waals surface area contributed by atoms with Gasteiger partial charge in [0.15, 0.2) is 5.78 Å². The van der Waals surface area contributed by atoms with Crippen molar-refractivity contribution in [3.8, 4) is 6.07 Å². The van der Waals surface area contributed by atoms with E-state index in [-0.39, 0.29) is 17.4 Å². The highest BCUT2D eigenvalue weighted by Gasteiger charge is 2.38. The summed E-state index contributed by atoms with van der Waals surface area (Å²) in [6.45, 7) is 3.92. The van der Waals surface area contributed by atoms with E-state index in [2.05, 4.69) is 23.6 Å². The number of carbonyl (C=O) groups is 2. The number of anilines is 1. The first-order valence-corrected chi connectivity index (χ1v) is 11.7. The van der Waals surface area contributed by atoms with Crippen LogP contribution in [0.1, 0.15) is 49.2 Å². The Morgan fingerprint density at radius 1 is 1.25 bits per heavy atom. The zero-order valence-corrected chi connectivity index (χ0v) is 19.0. The number of Topliss-reactive ketones (excluding diaryl/α,β-unsaturated/α-hetero) is 1. The summed E-state index contributed by atoms with van der Waals surface area (Å²) in [5.41, 5.74) is 3.81. The first-order chi connectivity index (χ1) is 15.5. The summed E-state index contributed by atoms with van der Waals surface area (Å²) < 4.78 is 5.84. The van der Waals surface area contributed by atoms with Crippen LogP contribution in [-0.4, -0.2) is 17.4 Å². The average molecular weight is 448 g/mol. The van der Waals surface area contributed by atoms with E-state index in [4.69, 9.17) is 4.42 Å². The van der Waals surface area contributed by atoms with E-state index in [0.717, 1.165) is 36.4 Å². The number of rotatable bonds is 6. The summed E-state index contributed by atoms with van der Waals surface area (Å²) in [6.07, 6.45) is 2.91. The predicted molar refractivity (Wildman–Crippen MR) is 125 cm³/mol. The van der Waals surface area contributed by atoms with Crippen molar-refractivity contribution in [3.05, 3.63) is 75.4 Å². The summed E-state index contributed by atoms with van der Waals surface area (Å²) in [7, 11) is 0. The van der Waals surface area contributed by atoms with Crippen LogP contribution < -0.4 is 10.6 Å². The van der Waals surface area contributed by atoms with Crippen LogP contribution in [0.25, 0.3) is 0 Å². The van der Waals surface area contributed by atoms with Crippen molar-refractivity contribution in [1.29, 1.82) is 5.26 Å². The van der Waals surface area contributed by atoms with Crippen molar-refractivity contribution in [2.75, 3.05) is 11.1 Å². The lowest BCUT2D eigenvalue weighted by Gasteiger charge is -2.32. The normalized spacial score (nSPS) is 18.2. The molecule has 2 aromatic rings. The van der Waals surface area contributed by atoms with Crippen LogP contribution in [-0.2, 0) is 16.0 Å². The summed E-state index contributed by atoms with van der Waals surface area (Å²) in [4.78, 5) is 25.3. The second kappa shape index (κ2) is 9.49. The number of hydrogen-bond donors (Lipinski definition) is 2. The molecule has 0 saturated heterocycles. The number of benzene rings is 1. The van der Waals surface area contributed by atoms with Crippen LogP contribution in [0, 0.1) is 18.3 Å². The number of nitrogens with one attached hydrogen (secondary N) is 2. The van der Waals surface area contributed by atoms with Crippen molar-refractivity contribution in [2.24, 2.45) is 0 Å². The SMILES string of the molecule is CCc1ccc(NC(=O)CSC2=C(C#N)[C@@H](c3ccc(C)o3)C3=C(CCCC3=O)N2)cc1. The molecular formula is C25H25N3O3S. The molecule has 2 N–H and O–H groups in total. The quantitative estimate of drug-likeness (QED) is 0.650. The third kappa shape index (κ3) is 4.51. The number of allylic oxidation sites excluding steroid dienone is 3. The zero-order chi connectivity index (χ0) is 22.7. The predicted octanol–water partition coefficient (Wildman–Crippen LogP) is 4.95. The van der Waals surface area contributed by atoms with Gasteiger partial charge in [-0.15, -0.1) is 0 Å². The first-order valence-electron chi connectivity index (χ1n) is 10.8. The standard InChI is InChI=1S/C25H25N3O3S/c1-3-16-8-10-17(11-9-16)27-22(30)14-32-25-18(13-26)23(21-12-7-15(2)31-21)24-19(28-25)5-4-6-20(24)29/h7-12,23,28H,3-6,14H2,1-2H3,(H,27,30)/t23-/m0/s1. The molecule has 1 aliphatic heterocycles. The molecule has 0 bridgehead atoms. The molecule has 4 rings (SSSR count). The molecule has 6 nitrogen and oxygen atoms in total. The Kier molecular flexibility index (Phi) is 6.52. The van der Waals surface area contributed by atoms with E-state index in [1.165, 1.54) is 17.3 Å². The molecule has 2 heterocycles. The van der Waals surface area contributed by atoms with Gasteiger partial charge in [0.2, 0.25) is 5.91 Å². The van der Waals surface area contributed by atoms with Gasteiger partial charge in [0.25, 0.3) is 0 Å². The second-order valence-corrected chi connectivity index (χ2v) is 8.90. The summed E-state index contributed by atoms with van der Waals surface area (Å²) >= 11 is 1.27. The van der Waals surface area contributed by atoms with E-state index >= 15 is 0 Å². The molecule has 164 valence electrons. The summed E-state index contributed by atoms with van der Waals surface area (Å²) in [5.74, 6) is 0.804. The maximum absolute atomic E-state index is 12.8. The molecule has 0 saturated carbocycles. The number of nitriles is 1. The lowest BCUT2D eigenvalue weighted by atomic mass is 9.79. The Hall–Kier alpha value is -3.24. The van der Waals surface area contributed by atoms with Crippen LogP contribution in [0.2, 0.25) is 0 Å². The van der Waals surface area contributed by atoms with Gasteiger partial charge in [0, 0.05) is 23.4 Å². The van der Waals surface area contributed by atoms with Gasteiger partial charge in [-0.3, -0.25) is 9.59 Å². The molecule has 1 aromatic carbocycles. The molecule has 1 atom stereocenters. The third-order valence-electron chi connectivity index (χ3n) is 5.70. The highest BCUT2D eigenvalue weighted by atomic mass is 32.2. The number of ketones is 1. The number of furan rings is 1. The minimum atomic E-state index is -0.537. The van der Waals surface area contributed by atoms with Crippen molar-refractivity contribution in [2.45, 2.75) is 45.4 Å². The molecule has 1 aliphatic carbocycles. The Balaban J connectivity index is 1.56. The Morgan fingerprint density at radius 3 is 2.69 bits per heavy atom. The van der Waals surface area contributed by atoms with E-state index in [1.54, 1.807) is 0 Å². The molecule has 0 spiro atoms. The van der Waals surface area contributed by atoms with Crippen LogP contribution in [0.3, 0.4) is 0 Å². The Morgan fingerprint density at radius 2 is 2.03 bits per heavy atom. The monoisotopic (exact) mass is 447 g/mol. The zero-order valence-electron chi connectivity index (χ0n) is 18.2. The molecule has 32 heavy (non-hydrogen) atoms. The van der Waals surface area contributed by atoms with Crippen LogP contribution in [0.4, 0.5) is 5.69 Å². The number of amides is 1. The maximum Gasteiger partial charge on any atom is 0.234 e. The van der Waals surface area contributed by atoms with Gasteiger partial charge in [-0.2, -0.15) is 5.26 Å². The van der Waals surface area contributed by atoms with Gasteiger partial charge in [-0.25, -0.2) is 0 Å². The fraction of sp³-hybridized carbons (Fsp3) is 0.320. The highest BCUT2D eigenvalue weighted by molar-refractivity contribution is 8.03. The largest absolute Gasteiger partial charge is 0.465 e. The lowest BCUT2D eigenvalue weighted by molar-refractivity contribution is -0.116. The molecule has 0 radical (unpaired) electrons. The highest BCUT2D eigenvalue weighted by Crippen LogP contribution is 2.44. The van der Waals surface area contributed by atoms with Crippen LogP contribution >= 0.6 is 11.8 Å². The summed E-state index contributed by atoms with van der Waals surface area (Å²) in [6, 6.07) is 13.7. The Bertz CT molecular complexity index is 1150. The molecule has 0 unspecified atom stereocenters. The summed E-state index contributed by atoms with van der Waals surface area (Å²) in [5, 5.41) is 16.8. The van der Waals surface area contributed by atoms with Crippen molar-refractivity contribution in [1.82, 2.24) is 5.32 Å². The Labute approximate surface area is 191 Å². The molecule has 1 amide bonds. The van der Waals surface area contributed by atoms with Crippen molar-refractivity contribution < 1.29 is 14.0 Å². The van der Waals surface area contributed by atoms with Crippen LogP contribution in [0.15, 0.2) is 62.7 Å². The molecule has 1 aromatic heterocycles. The lowest BCUT2D eigenvalue weighted by Crippen LogP contribution is -2.31. The fourth-order valence-corrected chi connectivity index (χ4v) is 4.95. The van der Waals surface area contributed by atoms with Crippen LogP contribution in [0.5, 0.6) is 0 Å². The minimum absolute atomic E-state index is 0.0443. The maximum atomic E-state index is 12.8. The molecular weight excluding hydrogens is 422 g/mol. The smallest absolute Gasteiger partial charge is 0.234 e. The second-order valence-electron chi connectivity index (χ2n) is 7.92. The van der Waals surface area contributed by atoms with Crippen molar-refractivity contribution >= 4 is 29.1 Å². The van der Waals surface area contributed by atoms with Gasteiger partial charge in [-0.05, 0) is 56.0 Å². The number of thioether (sulfide) groups is 1. The van der Waals surface area contributed by atoms with Crippen molar-refractivity contribution in [3.63, 3.8) is 0 Å². The van der Waals surface area contributed by atoms with Gasteiger partial charge in [0.1, 0.15) is 11.5 Å². The van der Waals surface area contributed by atoms with Gasteiger partial charge < -0.3 is 15.1 Å². The number of carbonyl (C=O) groups excluding carboxylic acids is 2. The minimum Gasteiger partial charge on any atom is -0.465 e. The molecule has 2 aliphatic rings. The van der Waals surface area contributed by atoms with Gasteiger partial charge >= 0.3 is 0 Å². The fourth-order valence-electron chi connectivity index (χ4n) is 4.09. The van der Waals surface area contributed by atoms with Gasteiger partial charge in [-0.1, -0.05) is 30.8 Å². The number of aryl methyl sites for hydroxylation is 2. The van der Waals surface area contributed by atoms with E-state index in [9.17, 15) is 14.9 Å². The molecule has 7 heteroatoms. The topological polar surface area (TPSA) is 95.1 Å². The number of hydrogen-bond acceptors (Lipinski definition) is 6. The number of dihydropyridines is 1. The van der Waals surface area contributed by atoms with Gasteiger partial charge in [0.05, 0.1) is 28.3 Å². The first kappa shape index (κ1) is 22.0. The van der Waals surface area contributed by atoms with E-state index in [0.29, 0.717) is 28.4 Å². The number of nitrogens with zero attached hydrogens (tertiary/aromatic N) is 1. The average Bonchev–Trinajstić information content (AvgIpc) is 3.23. The molecule has 0 fully saturated rings.